The first-order valence-electron chi connectivity index (χ1n) is 5.98. The molecule has 0 aliphatic heterocycles. The Labute approximate surface area is 133 Å². The summed E-state index contributed by atoms with van der Waals surface area (Å²) >= 11 is 13.3. The Balaban J connectivity index is 2.44. The monoisotopic (exact) mass is 324 g/mol. The number of halogens is 2. The second-order valence-electron chi connectivity index (χ2n) is 4.18. The van der Waals surface area contributed by atoms with E-state index < -0.39 is 0 Å². The number of amidine groups is 1. The van der Waals surface area contributed by atoms with Gasteiger partial charge in [0.1, 0.15) is 6.04 Å². The van der Waals surface area contributed by atoms with Crippen LogP contribution in [0, 0.1) is 0 Å². The van der Waals surface area contributed by atoms with Gasteiger partial charge >= 0.3 is 0 Å². The van der Waals surface area contributed by atoms with Gasteiger partial charge in [0.15, 0.2) is 5.17 Å². The molecule has 0 amide bonds. The minimum atomic E-state index is -0.156. The third-order valence-electron chi connectivity index (χ3n) is 2.84. The molecule has 0 spiro atoms. The number of nitrogens with two attached hydrogens (primary N) is 1. The standard InChI is InChI=1S/C15H14Cl2N2S/c1-20-15(18)19-14(10-2-6-12(16)7-3-10)11-4-8-13(17)9-5-11/h2-9,14H,1H3,(H2,18,19). The molecule has 20 heavy (non-hydrogen) atoms. The zero-order chi connectivity index (χ0) is 14.5. The number of aliphatic imine (C=N–C) groups is 1. The molecule has 2 rings (SSSR count). The van der Waals surface area contributed by atoms with E-state index in [0.717, 1.165) is 11.1 Å². The summed E-state index contributed by atoms with van der Waals surface area (Å²) < 4.78 is 0. The van der Waals surface area contributed by atoms with Gasteiger partial charge < -0.3 is 5.73 Å². The molecule has 0 aliphatic rings. The van der Waals surface area contributed by atoms with Crippen molar-refractivity contribution in [2.75, 3.05) is 6.26 Å². The third kappa shape index (κ3) is 3.92. The van der Waals surface area contributed by atoms with Crippen molar-refractivity contribution in [1.82, 2.24) is 0 Å². The smallest absolute Gasteiger partial charge is 0.154 e. The maximum atomic E-state index is 5.93. The van der Waals surface area contributed by atoms with Crippen molar-refractivity contribution in [3.8, 4) is 0 Å². The van der Waals surface area contributed by atoms with E-state index in [0.29, 0.717) is 15.2 Å². The zero-order valence-electron chi connectivity index (χ0n) is 10.9. The second kappa shape index (κ2) is 7.02. The van der Waals surface area contributed by atoms with Gasteiger partial charge in [0.25, 0.3) is 0 Å². The van der Waals surface area contributed by atoms with Crippen molar-refractivity contribution in [2.24, 2.45) is 10.7 Å². The van der Waals surface area contributed by atoms with Gasteiger partial charge in [-0.2, -0.15) is 0 Å². The molecule has 2 N–H and O–H groups in total. The fourth-order valence-electron chi connectivity index (χ4n) is 1.81. The molecule has 2 aromatic rings. The van der Waals surface area contributed by atoms with Crippen LogP contribution in [0.15, 0.2) is 53.5 Å². The molecule has 5 heteroatoms. The van der Waals surface area contributed by atoms with E-state index >= 15 is 0 Å². The Hall–Kier alpha value is -1.16. The van der Waals surface area contributed by atoms with Gasteiger partial charge in [-0.3, -0.25) is 0 Å². The number of hydrogen-bond acceptors (Lipinski definition) is 2. The number of benzene rings is 2. The summed E-state index contributed by atoms with van der Waals surface area (Å²) in [5.41, 5.74) is 7.94. The molecule has 0 saturated carbocycles. The van der Waals surface area contributed by atoms with E-state index in [1.54, 1.807) is 0 Å². The van der Waals surface area contributed by atoms with Crippen LogP contribution in [0.2, 0.25) is 10.0 Å². The van der Waals surface area contributed by atoms with Gasteiger partial charge in [-0.1, -0.05) is 59.2 Å². The molecular weight excluding hydrogens is 311 g/mol. The summed E-state index contributed by atoms with van der Waals surface area (Å²) in [4.78, 5) is 4.57. The fraction of sp³-hybridized carbons (Fsp3) is 0.133. The molecule has 0 aliphatic carbocycles. The lowest BCUT2D eigenvalue weighted by atomic mass is 9.99. The van der Waals surface area contributed by atoms with Gasteiger partial charge in [0, 0.05) is 10.0 Å². The molecule has 0 bridgehead atoms. The number of thioether (sulfide) groups is 1. The Morgan fingerprint density at radius 2 is 1.35 bits per heavy atom. The van der Waals surface area contributed by atoms with Crippen LogP contribution >= 0.6 is 35.0 Å². The highest BCUT2D eigenvalue weighted by Gasteiger charge is 2.13. The SMILES string of the molecule is CSC(N)=NC(c1ccc(Cl)cc1)c1ccc(Cl)cc1. The molecule has 0 unspecified atom stereocenters. The van der Waals surface area contributed by atoms with Gasteiger partial charge in [0.05, 0.1) is 0 Å². The summed E-state index contributed by atoms with van der Waals surface area (Å²) in [7, 11) is 0. The van der Waals surface area contributed by atoms with Crippen molar-refractivity contribution in [3.63, 3.8) is 0 Å². The molecule has 0 fully saturated rings. The molecule has 0 saturated heterocycles. The summed E-state index contributed by atoms with van der Waals surface area (Å²) in [5.74, 6) is 0. The van der Waals surface area contributed by atoms with Crippen LogP contribution in [-0.4, -0.2) is 11.4 Å². The predicted molar refractivity (Wildman–Crippen MR) is 89.9 cm³/mol. The number of hydrogen-bond donors (Lipinski definition) is 1. The van der Waals surface area contributed by atoms with Gasteiger partial charge in [-0.25, -0.2) is 4.99 Å². The summed E-state index contributed by atoms with van der Waals surface area (Å²) in [6.45, 7) is 0. The van der Waals surface area contributed by atoms with Crippen molar-refractivity contribution in [3.05, 3.63) is 69.7 Å². The predicted octanol–water partition coefficient (Wildman–Crippen LogP) is 4.76. The molecule has 0 radical (unpaired) electrons. The zero-order valence-corrected chi connectivity index (χ0v) is 13.2. The molecule has 104 valence electrons. The van der Waals surface area contributed by atoms with E-state index in [1.807, 2.05) is 54.8 Å². The van der Waals surface area contributed by atoms with E-state index in [2.05, 4.69) is 4.99 Å². The van der Waals surface area contributed by atoms with Crippen molar-refractivity contribution < 1.29 is 0 Å². The van der Waals surface area contributed by atoms with Gasteiger partial charge in [-0.15, -0.1) is 0 Å². The lowest BCUT2D eigenvalue weighted by Crippen LogP contribution is -2.09. The number of nitrogens with zero attached hydrogens (tertiary/aromatic N) is 1. The highest BCUT2D eigenvalue weighted by atomic mass is 35.5. The largest absolute Gasteiger partial charge is 0.379 e. The summed E-state index contributed by atoms with van der Waals surface area (Å²) in [6, 6.07) is 15.1. The van der Waals surface area contributed by atoms with Crippen LogP contribution in [0.4, 0.5) is 0 Å². The Kier molecular flexibility index (Phi) is 5.35. The molecular formula is C15H14Cl2N2S. The summed E-state index contributed by atoms with van der Waals surface area (Å²) in [6.07, 6.45) is 1.90. The third-order valence-corrected chi connectivity index (χ3v) is 3.86. The minimum absolute atomic E-state index is 0.156. The quantitative estimate of drug-likeness (QED) is 0.653. The Morgan fingerprint density at radius 3 is 1.70 bits per heavy atom. The van der Waals surface area contributed by atoms with Crippen molar-refractivity contribution in [1.29, 1.82) is 0 Å². The lowest BCUT2D eigenvalue weighted by Gasteiger charge is -2.14. The van der Waals surface area contributed by atoms with Gasteiger partial charge in [-0.05, 0) is 41.6 Å². The second-order valence-corrected chi connectivity index (χ2v) is 5.88. The maximum absolute atomic E-state index is 5.93. The maximum Gasteiger partial charge on any atom is 0.154 e. The summed E-state index contributed by atoms with van der Waals surface area (Å²) in [5, 5.41) is 1.94. The van der Waals surface area contributed by atoms with E-state index in [-0.39, 0.29) is 6.04 Å². The minimum Gasteiger partial charge on any atom is -0.379 e. The van der Waals surface area contributed by atoms with Crippen LogP contribution in [0.1, 0.15) is 17.2 Å². The normalized spacial score (nSPS) is 11.9. The van der Waals surface area contributed by atoms with E-state index in [9.17, 15) is 0 Å². The van der Waals surface area contributed by atoms with Crippen molar-refractivity contribution in [2.45, 2.75) is 6.04 Å². The van der Waals surface area contributed by atoms with Crippen molar-refractivity contribution >= 4 is 40.1 Å². The first-order chi connectivity index (χ1) is 9.60. The number of rotatable bonds is 3. The van der Waals surface area contributed by atoms with Crippen LogP contribution in [0.3, 0.4) is 0 Å². The molecule has 2 nitrogen and oxygen atoms in total. The fourth-order valence-corrected chi connectivity index (χ4v) is 2.27. The van der Waals surface area contributed by atoms with Crippen LogP contribution in [-0.2, 0) is 0 Å². The first-order valence-corrected chi connectivity index (χ1v) is 7.96. The molecule has 2 aromatic carbocycles. The Bertz CT molecular complexity index is 549. The highest BCUT2D eigenvalue weighted by molar-refractivity contribution is 8.13. The lowest BCUT2D eigenvalue weighted by molar-refractivity contribution is 0.874. The van der Waals surface area contributed by atoms with Crippen LogP contribution in [0.25, 0.3) is 0 Å². The molecule has 0 aromatic heterocycles. The van der Waals surface area contributed by atoms with E-state index in [4.69, 9.17) is 28.9 Å². The molecule has 0 atom stereocenters. The topological polar surface area (TPSA) is 38.4 Å². The van der Waals surface area contributed by atoms with Crippen LogP contribution < -0.4 is 5.73 Å². The molecule has 0 heterocycles. The average Bonchev–Trinajstić information content (AvgIpc) is 2.46. The Morgan fingerprint density at radius 1 is 0.950 bits per heavy atom. The van der Waals surface area contributed by atoms with E-state index in [1.165, 1.54) is 11.8 Å². The highest BCUT2D eigenvalue weighted by Crippen LogP contribution is 2.28. The first kappa shape index (κ1) is 15.2. The average molecular weight is 325 g/mol. The van der Waals surface area contributed by atoms with Gasteiger partial charge in [0.2, 0.25) is 0 Å². The van der Waals surface area contributed by atoms with Crippen LogP contribution in [0.5, 0.6) is 0 Å².